The summed E-state index contributed by atoms with van der Waals surface area (Å²) in [4.78, 5) is 25.4. The standard InChI is InChI=1S/C12H13N5O2/c18-12(19)9-5-13-8-15-10(9)6-16-3-4-17-2-1-14-11(17)7-16/h1-2,5,8H,3-4,6-7H2,(H,18,19). The van der Waals surface area contributed by atoms with E-state index in [1.807, 2.05) is 6.20 Å². The zero-order valence-electron chi connectivity index (χ0n) is 10.2. The molecule has 19 heavy (non-hydrogen) atoms. The molecule has 0 atom stereocenters. The molecule has 0 unspecified atom stereocenters. The van der Waals surface area contributed by atoms with Gasteiger partial charge in [-0.15, -0.1) is 0 Å². The molecule has 7 nitrogen and oxygen atoms in total. The molecule has 0 bridgehead atoms. The van der Waals surface area contributed by atoms with E-state index in [0.717, 1.165) is 18.9 Å². The Hall–Kier alpha value is -2.28. The Morgan fingerprint density at radius 3 is 3.11 bits per heavy atom. The van der Waals surface area contributed by atoms with Crippen molar-refractivity contribution in [1.29, 1.82) is 0 Å². The molecule has 0 amide bonds. The summed E-state index contributed by atoms with van der Waals surface area (Å²) in [5, 5.41) is 9.10. The second kappa shape index (κ2) is 4.77. The number of aromatic nitrogens is 4. The van der Waals surface area contributed by atoms with Crippen molar-refractivity contribution in [3.8, 4) is 0 Å². The van der Waals surface area contributed by atoms with Gasteiger partial charge in [-0.1, -0.05) is 0 Å². The summed E-state index contributed by atoms with van der Waals surface area (Å²) in [7, 11) is 0. The first-order valence-corrected chi connectivity index (χ1v) is 5.98. The van der Waals surface area contributed by atoms with Gasteiger partial charge >= 0.3 is 5.97 Å². The monoisotopic (exact) mass is 259 g/mol. The number of aromatic carboxylic acids is 1. The van der Waals surface area contributed by atoms with E-state index in [9.17, 15) is 4.79 Å². The Morgan fingerprint density at radius 2 is 2.26 bits per heavy atom. The van der Waals surface area contributed by atoms with Gasteiger partial charge in [-0.05, 0) is 0 Å². The van der Waals surface area contributed by atoms with Crippen molar-refractivity contribution in [3.63, 3.8) is 0 Å². The first-order chi connectivity index (χ1) is 9.24. The molecular weight excluding hydrogens is 246 g/mol. The Morgan fingerprint density at radius 1 is 1.37 bits per heavy atom. The maximum atomic E-state index is 11.1. The van der Waals surface area contributed by atoms with E-state index in [2.05, 4.69) is 24.4 Å². The lowest BCUT2D eigenvalue weighted by Crippen LogP contribution is -2.34. The van der Waals surface area contributed by atoms with Crippen LogP contribution in [0.4, 0.5) is 0 Å². The summed E-state index contributed by atoms with van der Waals surface area (Å²) < 4.78 is 2.11. The van der Waals surface area contributed by atoms with Gasteiger partial charge in [0.25, 0.3) is 0 Å². The lowest BCUT2D eigenvalue weighted by molar-refractivity contribution is 0.0692. The van der Waals surface area contributed by atoms with Crippen LogP contribution >= 0.6 is 0 Å². The van der Waals surface area contributed by atoms with Gasteiger partial charge in [0, 0.05) is 38.2 Å². The molecule has 0 aromatic carbocycles. The minimum absolute atomic E-state index is 0.163. The van der Waals surface area contributed by atoms with Crippen LogP contribution in [0.3, 0.4) is 0 Å². The number of hydrogen-bond donors (Lipinski definition) is 1. The van der Waals surface area contributed by atoms with Crippen molar-refractivity contribution >= 4 is 5.97 Å². The van der Waals surface area contributed by atoms with E-state index in [0.29, 0.717) is 18.8 Å². The normalized spacial score (nSPS) is 15.2. The third kappa shape index (κ3) is 2.32. The molecular formula is C12H13N5O2. The van der Waals surface area contributed by atoms with E-state index < -0.39 is 5.97 Å². The van der Waals surface area contributed by atoms with Crippen molar-refractivity contribution < 1.29 is 9.90 Å². The summed E-state index contributed by atoms with van der Waals surface area (Å²) in [6.45, 7) is 2.92. The first-order valence-electron chi connectivity index (χ1n) is 5.98. The fourth-order valence-corrected chi connectivity index (χ4v) is 2.23. The molecule has 3 heterocycles. The van der Waals surface area contributed by atoms with Crippen LogP contribution in [0, 0.1) is 0 Å². The van der Waals surface area contributed by atoms with Crippen LogP contribution in [0.25, 0.3) is 0 Å². The largest absolute Gasteiger partial charge is 0.478 e. The van der Waals surface area contributed by atoms with Crippen molar-refractivity contribution in [3.05, 3.63) is 42.0 Å². The molecule has 7 heteroatoms. The van der Waals surface area contributed by atoms with Gasteiger partial charge in [0.2, 0.25) is 0 Å². The lowest BCUT2D eigenvalue weighted by Gasteiger charge is -2.27. The molecule has 1 aliphatic rings. The second-order valence-electron chi connectivity index (χ2n) is 4.44. The molecule has 1 N–H and O–H groups in total. The average molecular weight is 259 g/mol. The number of hydrogen-bond acceptors (Lipinski definition) is 5. The van der Waals surface area contributed by atoms with Gasteiger partial charge in [0.05, 0.1) is 12.2 Å². The minimum atomic E-state index is -0.992. The van der Waals surface area contributed by atoms with Crippen LogP contribution in [0.5, 0.6) is 0 Å². The van der Waals surface area contributed by atoms with Crippen LogP contribution in [-0.4, -0.2) is 42.0 Å². The predicted octanol–water partition coefficient (Wildman–Crippen LogP) is 0.387. The molecule has 0 radical (unpaired) electrons. The number of carbonyl (C=O) groups is 1. The van der Waals surface area contributed by atoms with Gasteiger partial charge in [0.1, 0.15) is 17.7 Å². The molecule has 2 aromatic heterocycles. The molecule has 0 saturated heterocycles. The fraction of sp³-hybridized carbons (Fsp3) is 0.333. The maximum absolute atomic E-state index is 11.1. The van der Waals surface area contributed by atoms with Gasteiger partial charge in [-0.3, -0.25) is 4.90 Å². The highest BCUT2D eigenvalue weighted by Gasteiger charge is 2.19. The molecule has 98 valence electrons. The van der Waals surface area contributed by atoms with Gasteiger partial charge in [-0.2, -0.15) is 0 Å². The Bertz CT molecular complexity index is 610. The van der Waals surface area contributed by atoms with E-state index in [-0.39, 0.29) is 5.56 Å². The second-order valence-corrected chi connectivity index (χ2v) is 4.44. The SMILES string of the molecule is O=C(O)c1cncnc1CN1CCn2ccnc2C1. The van der Waals surface area contributed by atoms with Crippen molar-refractivity contribution in [2.75, 3.05) is 6.54 Å². The molecule has 1 aliphatic heterocycles. The van der Waals surface area contributed by atoms with Crippen LogP contribution in [-0.2, 0) is 19.6 Å². The highest BCUT2D eigenvalue weighted by atomic mass is 16.4. The van der Waals surface area contributed by atoms with E-state index >= 15 is 0 Å². The summed E-state index contributed by atoms with van der Waals surface area (Å²) in [6, 6.07) is 0. The molecule has 0 spiro atoms. The Balaban J connectivity index is 1.78. The highest BCUT2D eigenvalue weighted by Crippen LogP contribution is 2.14. The summed E-state index contributed by atoms with van der Waals surface area (Å²) >= 11 is 0. The first kappa shape index (κ1) is 11.8. The molecule has 2 aromatic rings. The average Bonchev–Trinajstić information content (AvgIpc) is 2.86. The minimum Gasteiger partial charge on any atom is -0.478 e. The van der Waals surface area contributed by atoms with Crippen LogP contribution in [0.15, 0.2) is 24.9 Å². The third-order valence-electron chi connectivity index (χ3n) is 3.22. The molecule has 0 aliphatic carbocycles. The zero-order chi connectivity index (χ0) is 13.2. The van der Waals surface area contributed by atoms with E-state index in [1.54, 1.807) is 6.20 Å². The molecule has 3 rings (SSSR count). The van der Waals surface area contributed by atoms with Crippen molar-refractivity contribution in [1.82, 2.24) is 24.4 Å². The van der Waals surface area contributed by atoms with Gasteiger partial charge < -0.3 is 9.67 Å². The number of carboxylic acids is 1. The van der Waals surface area contributed by atoms with Gasteiger partial charge in [0.15, 0.2) is 0 Å². The lowest BCUT2D eigenvalue weighted by atomic mass is 10.2. The van der Waals surface area contributed by atoms with Crippen LogP contribution in [0.1, 0.15) is 21.9 Å². The molecule has 0 saturated carbocycles. The van der Waals surface area contributed by atoms with Crippen molar-refractivity contribution in [2.45, 2.75) is 19.6 Å². The Labute approximate surface area is 109 Å². The summed E-state index contributed by atoms with van der Waals surface area (Å²) in [5.41, 5.74) is 0.707. The summed E-state index contributed by atoms with van der Waals surface area (Å²) in [5.74, 6) is 0.00582. The fourth-order valence-electron chi connectivity index (χ4n) is 2.23. The number of nitrogens with zero attached hydrogens (tertiary/aromatic N) is 5. The highest BCUT2D eigenvalue weighted by molar-refractivity contribution is 5.88. The predicted molar refractivity (Wildman–Crippen MR) is 65.3 cm³/mol. The number of carboxylic acid groups (broad SMARTS) is 1. The van der Waals surface area contributed by atoms with E-state index in [4.69, 9.17) is 5.11 Å². The maximum Gasteiger partial charge on any atom is 0.339 e. The molecule has 0 fully saturated rings. The van der Waals surface area contributed by atoms with Crippen LogP contribution < -0.4 is 0 Å². The number of fused-ring (bicyclic) bond motifs is 1. The Kier molecular flexibility index (Phi) is 2.96. The van der Waals surface area contributed by atoms with Crippen LogP contribution in [0.2, 0.25) is 0 Å². The van der Waals surface area contributed by atoms with Gasteiger partial charge in [-0.25, -0.2) is 19.7 Å². The quantitative estimate of drug-likeness (QED) is 0.858. The zero-order valence-corrected chi connectivity index (χ0v) is 10.2. The smallest absolute Gasteiger partial charge is 0.339 e. The number of imidazole rings is 1. The number of rotatable bonds is 3. The van der Waals surface area contributed by atoms with E-state index in [1.165, 1.54) is 12.5 Å². The topological polar surface area (TPSA) is 84.1 Å². The van der Waals surface area contributed by atoms with Crippen molar-refractivity contribution in [2.24, 2.45) is 0 Å². The summed E-state index contributed by atoms with van der Waals surface area (Å²) in [6.07, 6.45) is 6.47. The third-order valence-corrected chi connectivity index (χ3v) is 3.22.